The van der Waals surface area contributed by atoms with E-state index >= 15 is 0 Å². The molecule has 1 aromatic heterocycles. The van der Waals surface area contributed by atoms with Crippen molar-refractivity contribution in [2.75, 3.05) is 18.1 Å². The van der Waals surface area contributed by atoms with Crippen LogP contribution in [0.5, 0.6) is 0 Å². The van der Waals surface area contributed by atoms with Crippen LogP contribution in [0.3, 0.4) is 0 Å². The van der Waals surface area contributed by atoms with Crippen molar-refractivity contribution < 1.29 is 0 Å². The van der Waals surface area contributed by atoms with Crippen LogP contribution in [0.25, 0.3) is 10.9 Å². The molecule has 0 saturated carbocycles. The average Bonchev–Trinajstić information content (AvgIpc) is 2.74. The SMILES string of the molecule is Cc1c(CNCC2CCSCC2)n(C)c2ccccc12. The van der Waals surface area contributed by atoms with Gasteiger partial charge in [0.2, 0.25) is 0 Å². The van der Waals surface area contributed by atoms with Gasteiger partial charge < -0.3 is 9.88 Å². The molecule has 20 heavy (non-hydrogen) atoms. The molecule has 108 valence electrons. The molecule has 0 atom stereocenters. The van der Waals surface area contributed by atoms with Crippen LogP contribution in [0.4, 0.5) is 0 Å². The minimum absolute atomic E-state index is 0.881. The number of aromatic nitrogens is 1. The predicted octanol–water partition coefficient (Wildman–Crippen LogP) is 3.72. The summed E-state index contributed by atoms with van der Waals surface area (Å²) in [6, 6.07) is 8.70. The van der Waals surface area contributed by atoms with Gasteiger partial charge in [0.25, 0.3) is 0 Å². The number of nitrogens with zero attached hydrogens (tertiary/aromatic N) is 1. The van der Waals surface area contributed by atoms with Gasteiger partial charge in [-0.1, -0.05) is 18.2 Å². The summed E-state index contributed by atoms with van der Waals surface area (Å²) in [6.07, 6.45) is 2.76. The fourth-order valence-electron chi connectivity index (χ4n) is 3.23. The summed E-state index contributed by atoms with van der Waals surface area (Å²) in [5, 5.41) is 5.07. The Morgan fingerprint density at radius 3 is 2.75 bits per heavy atom. The zero-order valence-electron chi connectivity index (χ0n) is 12.5. The minimum atomic E-state index is 0.881. The van der Waals surface area contributed by atoms with Gasteiger partial charge in [-0.05, 0) is 55.4 Å². The Kier molecular flexibility index (Phi) is 4.37. The number of fused-ring (bicyclic) bond motifs is 1. The molecule has 1 aliphatic rings. The molecular weight excluding hydrogens is 264 g/mol. The molecule has 2 heterocycles. The van der Waals surface area contributed by atoms with E-state index in [0.717, 1.165) is 12.5 Å². The largest absolute Gasteiger partial charge is 0.346 e. The lowest BCUT2D eigenvalue weighted by atomic mass is 10.0. The monoisotopic (exact) mass is 288 g/mol. The summed E-state index contributed by atoms with van der Waals surface area (Å²) in [4.78, 5) is 0. The summed E-state index contributed by atoms with van der Waals surface area (Å²) in [5.74, 6) is 3.57. The van der Waals surface area contributed by atoms with Crippen LogP contribution in [-0.4, -0.2) is 22.6 Å². The van der Waals surface area contributed by atoms with Crippen LogP contribution in [-0.2, 0) is 13.6 Å². The van der Waals surface area contributed by atoms with Crippen LogP contribution in [0, 0.1) is 12.8 Å². The molecule has 3 heteroatoms. The van der Waals surface area contributed by atoms with Gasteiger partial charge >= 0.3 is 0 Å². The third kappa shape index (κ3) is 2.75. The first-order valence-electron chi connectivity index (χ1n) is 7.58. The molecule has 1 saturated heterocycles. The van der Waals surface area contributed by atoms with E-state index in [1.807, 2.05) is 0 Å². The fraction of sp³-hybridized carbons (Fsp3) is 0.529. The van der Waals surface area contributed by atoms with Gasteiger partial charge in [-0.2, -0.15) is 11.8 Å². The minimum Gasteiger partial charge on any atom is -0.346 e. The standard InChI is InChI=1S/C17H24N2S/c1-13-15-5-3-4-6-16(15)19(2)17(13)12-18-11-14-7-9-20-10-8-14/h3-6,14,18H,7-12H2,1-2H3. The molecule has 2 nitrogen and oxygen atoms in total. The summed E-state index contributed by atoms with van der Waals surface area (Å²) < 4.78 is 2.34. The summed E-state index contributed by atoms with van der Waals surface area (Å²) in [6.45, 7) is 4.40. The molecule has 0 spiro atoms. The number of hydrogen-bond acceptors (Lipinski definition) is 2. The van der Waals surface area contributed by atoms with E-state index < -0.39 is 0 Å². The first-order chi connectivity index (χ1) is 9.77. The zero-order valence-corrected chi connectivity index (χ0v) is 13.3. The molecule has 1 aromatic carbocycles. The summed E-state index contributed by atoms with van der Waals surface area (Å²) >= 11 is 2.10. The Balaban J connectivity index is 1.68. The molecule has 0 amide bonds. The second-order valence-corrected chi connectivity index (χ2v) is 7.06. The van der Waals surface area contributed by atoms with Crippen LogP contribution in [0.15, 0.2) is 24.3 Å². The molecule has 0 radical (unpaired) electrons. The van der Waals surface area contributed by atoms with Crippen LogP contribution < -0.4 is 5.32 Å². The highest BCUT2D eigenvalue weighted by molar-refractivity contribution is 7.99. The number of hydrogen-bond donors (Lipinski definition) is 1. The summed E-state index contributed by atoms with van der Waals surface area (Å²) in [7, 11) is 2.18. The van der Waals surface area contributed by atoms with E-state index in [2.05, 4.69) is 59.9 Å². The van der Waals surface area contributed by atoms with E-state index in [4.69, 9.17) is 0 Å². The van der Waals surface area contributed by atoms with Crippen LogP contribution in [0.1, 0.15) is 24.1 Å². The second-order valence-electron chi connectivity index (χ2n) is 5.83. The third-order valence-electron chi connectivity index (χ3n) is 4.57. The summed E-state index contributed by atoms with van der Waals surface area (Å²) in [5.41, 5.74) is 4.20. The fourth-order valence-corrected chi connectivity index (χ4v) is 4.44. The maximum atomic E-state index is 3.68. The van der Waals surface area contributed by atoms with E-state index in [-0.39, 0.29) is 0 Å². The van der Waals surface area contributed by atoms with Crippen molar-refractivity contribution in [2.45, 2.75) is 26.3 Å². The third-order valence-corrected chi connectivity index (χ3v) is 5.62. The van der Waals surface area contributed by atoms with Gasteiger partial charge in [-0.15, -0.1) is 0 Å². The van der Waals surface area contributed by atoms with Crippen LogP contribution >= 0.6 is 11.8 Å². The number of para-hydroxylation sites is 1. The van der Waals surface area contributed by atoms with Gasteiger partial charge in [-0.3, -0.25) is 0 Å². The van der Waals surface area contributed by atoms with E-state index in [0.29, 0.717) is 0 Å². The van der Waals surface area contributed by atoms with Crippen molar-refractivity contribution in [3.8, 4) is 0 Å². The van der Waals surface area contributed by atoms with E-state index in [9.17, 15) is 0 Å². The lowest BCUT2D eigenvalue weighted by Crippen LogP contribution is -2.26. The van der Waals surface area contributed by atoms with Crippen molar-refractivity contribution in [3.63, 3.8) is 0 Å². The Bertz CT molecular complexity index is 543. The highest BCUT2D eigenvalue weighted by Gasteiger charge is 2.14. The second kappa shape index (κ2) is 6.23. The molecular formula is C17H24N2S. The van der Waals surface area contributed by atoms with Crippen molar-refractivity contribution in [2.24, 2.45) is 13.0 Å². The van der Waals surface area contributed by atoms with E-state index in [1.54, 1.807) is 0 Å². The first kappa shape index (κ1) is 14.0. The molecule has 0 bridgehead atoms. The number of thioether (sulfide) groups is 1. The predicted molar refractivity (Wildman–Crippen MR) is 89.4 cm³/mol. The van der Waals surface area contributed by atoms with Crippen LogP contribution in [0.2, 0.25) is 0 Å². The molecule has 1 N–H and O–H groups in total. The first-order valence-corrected chi connectivity index (χ1v) is 8.74. The maximum absolute atomic E-state index is 3.68. The maximum Gasteiger partial charge on any atom is 0.0483 e. The Morgan fingerprint density at radius 1 is 1.25 bits per heavy atom. The molecule has 3 rings (SSSR count). The smallest absolute Gasteiger partial charge is 0.0483 e. The topological polar surface area (TPSA) is 17.0 Å². The van der Waals surface area contributed by atoms with E-state index in [1.165, 1.54) is 53.1 Å². The van der Waals surface area contributed by atoms with Gasteiger partial charge in [0.05, 0.1) is 0 Å². The highest BCUT2D eigenvalue weighted by atomic mass is 32.2. The Labute approximate surface area is 125 Å². The lowest BCUT2D eigenvalue weighted by Gasteiger charge is -2.21. The van der Waals surface area contributed by atoms with Gasteiger partial charge in [0, 0.05) is 30.2 Å². The van der Waals surface area contributed by atoms with Gasteiger partial charge in [0.1, 0.15) is 0 Å². The average molecular weight is 288 g/mol. The Morgan fingerprint density at radius 2 is 2.00 bits per heavy atom. The molecule has 0 aliphatic carbocycles. The normalized spacial score (nSPS) is 16.9. The molecule has 0 unspecified atom stereocenters. The lowest BCUT2D eigenvalue weighted by molar-refractivity contribution is 0.444. The highest BCUT2D eigenvalue weighted by Crippen LogP contribution is 2.25. The van der Waals surface area contributed by atoms with Crippen molar-refractivity contribution in [3.05, 3.63) is 35.5 Å². The van der Waals surface area contributed by atoms with Gasteiger partial charge in [0.15, 0.2) is 0 Å². The number of rotatable bonds is 4. The molecule has 1 aliphatic heterocycles. The number of aryl methyl sites for hydroxylation is 2. The molecule has 1 fully saturated rings. The van der Waals surface area contributed by atoms with Crippen molar-refractivity contribution in [1.29, 1.82) is 0 Å². The quantitative estimate of drug-likeness (QED) is 0.923. The zero-order chi connectivity index (χ0) is 13.9. The Hall–Kier alpha value is -0.930. The number of nitrogens with one attached hydrogen (secondary N) is 1. The molecule has 2 aromatic rings. The van der Waals surface area contributed by atoms with Crippen molar-refractivity contribution >= 4 is 22.7 Å². The van der Waals surface area contributed by atoms with Gasteiger partial charge in [-0.25, -0.2) is 0 Å². The number of benzene rings is 1. The van der Waals surface area contributed by atoms with Crippen molar-refractivity contribution in [1.82, 2.24) is 9.88 Å².